The van der Waals surface area contributed by atoms with Crippen LogP contribution in [-0.2, 0) is 5.88 Å². The van der Waals surface area contributed by atoms with Crippen LogP contribution < -0.4 is 4.74 Å². The minimum absolute atomic E-state index is 0.467. The van der Waals surface area contributed by atoms with E-state index in [4.69, 9.17) is 16.3 Å². The van der Waals surface area contributed by atoms with E-state index in [0.29, 0.717) is 5.88 Å². The first-order chi connectivity index (χ1) is 7.33. The Kier molecular flexibility index (Phi) is 3.23. The molecular weight excluding hydrogens is 230 g/mol. The molecule has 15 heavy (non-hydrogen) atoms. The van der Waals surface area contributed by atoms with Gasteiger partial charge in [0.05, 0.1) is 17.9 Å². The summed E-state index contributed by atoms with van der Waals surface area (Å²) in [6, 6.07) is 7.92. The van der Waals surface area contributed by atoms with Crippen LogP contribution in [0, 0.1) is 0 Å². The van der Waals surface area contributed by atoms with Crippen LogP contribution in [-0.4, -0.2) is 12.1 Å². The van der Waals surface area contributed by atoms with Crippen molar-refractivity contribution in [1.29, 1.82) is 0 Å². The molecule has 0 spiro atoms. The summed E-state index contributed by atoms with van der Waals surface area (Å²) in [5.41, 5.74) is 1.11. The smallest absolute Gasteiger partial charge is 0.119 e. The third-order valence-corrected chi connectivity index (χ3v) is 3.48. The standard InChI is InChI=1S/C11H10ClNOS/c1-14-9-4-2-3-8(5-9)10-7-13-11(6-12)15-10/h2-5,7H,6H2,1H3. The van der Waals surface area contributed by atoms with Gasteiger partial charge in [0, 0.05) is 6.20 Å². The summed E-state index contributed by atoms with van der Waals surface area (Å²) in [6.45, 7) is 0. The Labute approximate surface area is 97.5 Å². The monoisotopic (exact) mass is 239 g/mol. The molecule has 0 aliphatic heterocycles. The predicted molar refractivity (Wildman–Crippen MR) is 63.7 cm³/mol. The van der Waals surface area contributed by atoms with Gasteiger partial charge in [0.1, 0.15) is 10.8 Å². The van der Waals surface area contributed by atoms with Crippen LogP contribution in [0.4, 0.5) is 0 Å². The number of thiazole rings is 1. The molecule has 0 saturated carbocycles. The molecule has 2 aromatic rings. The normalized spacial score (nSPS) is 10.3. The van der Waals surface area contributed by atoms with Crippen LogP contribution in [0.3, 0.4) is 0 Å². The van der Waals surface area contributed by atoms with Crippen molar-refractivity contribution in [3.8, 4) is 16.2 Å². The fourth-order valence-corrected chi connectivity index (χ4v) is 2.28. The van der Waals surface area contributed by atoms with E-state index in [-0.39, 0.29) is 0 Å². The molecule has 4 heteroatoms. The molecule has 1 aromatic carbocycles. The summed E-state index contributed by atoms with van der Waals surface area (Å²) in [5, 5.41) is 0.939. The van der Waals surface area contributed by atoms with Gasteiger partial charge < -0.3 is 4.74 Å². The number of ether oxygens (including phenoxy) is 1. The molecule has 0 aliphatic carbocycles. The van der Waals surface area contributed by atoms with Crippen molar-refractivity contribution < 1.29 is 4.74 Å². The van der Waals surface area contributed by atoms with Crippen molar-refractivity contribution >= 4 is 22.9 Å². The van der Waals surface area contributed by atoms with E-state index in [1.807, 2.05) is 30.5 Å². The molecule has 0 N–H and O–H groups in total. The molecule has 0 atom stereocenters. The molecule has 1 aromatic heterocycles. The number of hydrogen-bond acceptors (Lipinski definition) is 3. The van der Waals surface area contributed by atoms with E-state index >= 15 is 0 Å². The Bertz CT molecular complexity index is 455. The summed E-state index contributed by atoms with van der Waals surface area (Å²) in [6.07, 6.45) is 1.84. The van der Waals surface area contributed by atoms with Crippen LogP contribution in [0.25, 0.3) is 10.4 Å². The van der Waals surface area contributed by atoms with Crippen LogP contribution in [0.15, 0.2) is 30.5 Å². The van der Waals surface area contributed by atoms with Crippen molar-refractivity contribution in [1.82, 2.24) is 4.98 Å². The Morgan fingerprint density at radius 1 is 1.47 bits per heavy atom. The number of halogens is 1. The van der Waals surface area contributed by atoms with Gasteiger partial charge in [-0.3, -0.25) is 0 Å². The van der Waals surface area contributed by atoms with Crippen molar-refractivity contribution in [3.05, 3.63) is 35.5 Å². The molecule has 2 nitrogen and oxygen atoms in total. The fraction of sp³-hybridized carbons (Fsp3) is 0.182. The van der Waals surface area contributed by atoms with Gasteiger partial charge in [0.15, 0.2) is 0 Å². The second-order valence-corrected chi connectivity index (χ2v) is 4.37. The molecule has 0 amide bonds. The number of methoxy groups -OCH3 is 1. The van der Waals surface area contributed by atoms with E-state index in [0.717, 1.165) is 21.2 Å². The third kappa shape index (κ3) is 2.30. The highest BCUT2D eigenvalue weighted by Crippen LogP contribution is 2.29. The maximum atomic E-state index is 5.71. The average molecular weight is 240 g/mol. The molecule has 0 fully saturated rings. The maximum Gasteiger partial charge on any atom is 0.119 e. The zero-order valence-electron chi connectivity index (χ0n) is 8.24. The Morgan fingerprint density at radius 2 is 2.33 bits per heavy atom. The van der Waals surface area contributed by atoms with E-state index in [2.05, 4.69) is 4.98 Å². The molecule has 78 valence electrons. The predicted octanol–water partition coefficient (Wildman–Crippen LogP) is 3.56. The Morgan fingerprint density at radius 3 is 3.00 bits per heavy atom. The molecule has 0 unspecified atom stereocenters. The molecule has 0 bridgehead atoms. The summed E-state index contributed by atoms with van der Waals surface area (Å²) in [5.74, 6) is 1.32. The first-order valence-electron chi connectivity index (χ1n) is 4.48. The van der Waals surface area contributed by atoms with E-state index < -0.39 is 0 Å². The van der Waals surface area contributed by atoms with Crippen LogP contribution in [0.2, 0.25) is 0 Å². The summed E-state index contributed by atoms with van der Waals surface area (Å²) in [4.78, 5) is 5.33. The molecule has 0 radical (unpaired) electrons. The first kappa shape index (κ1) is 10.5. The highest BCUT2D eigenvalue weighted by molar-refractivity contribution is 7.15. The number of benzene rings is 1. The number of alkyl halides is 1. The molecule has 0 saturated heterocycles. The Hall–Kier alpha value is -1.06. The third-order valence-electron chi connectivity index (χ3n) is 2.02. The van der Waals surface area contributed by atoms with Crippen molar-refractivity contribution in [2.45, 2.75) is 5.88 Å². The van der Waals surface area contributed by atoms with E-state index in [9.17, 15) is 0 Å². The second kappa shape index (κ2) is 4.64. The van der Waals surface area contributed by atoms with Gasteiger partial charge in [-0.2, -0.15) is 0 Å². The molecule has 2 rings (SSSR count). The maximum absolute atomic E-state index is 5.71. The summed E-state index contributed by atoms with van der Waals surface area (Å²) < 4.78 is 5.17. The zero-order chi connectivity index (χ0) is 10.7. The second-order valence-electron chi connectivity index (χ2n) is 2.98. The van der Waals surface area contributed by atoms with E-state index in [1.54, 1.807) is 18.4 Å². The lowest BCUT2D eigenvalue weighted by Crippen LogP contribution is -1.81. The number of nitrogens with zero attached hydrogens (tertiary/aromatic N) is 1. The SMILES string of the molecule is COc1cccc(-c2cnc(CCl)s2)c1. The van der Waals surface area contributed by atoms with Gasteiger partial charge in [-0.25, -0.2) is 4.98 Å². The van der Waals surface area contributed by atoms with Crippen LogP contribution >= 0.6 is 22.9 Å². The highest BCUT2D eigenvalue weighted by Gasteiger charge is 2.04. The van der Waals surface area contributed by atoms with Gasteiger partial charge in [-0.1, -0.05) is 12.1 Å². The van der Waals surface area contributed by atoms with Gasteiger partial charge in [0.25, 0.3) is 0 Å². The number of hydrogen-bond donors (Lipinski definition) is 0. The van der Waals surface area contributed by atoms with Gasteiger partial charge >= 0.3 is 0 Å². The molecule has 0 aliphatic rings. The van der Waals surface area contributed by atoms with Gasteiger partial charge in [0.2, 0.25) is 0 Å². The molecule has 1 heterocycles. The molecular formula is C11H10ClNOS. The highest BCUT2D eigenvalue weighted by atomic mass is 35.5. The lowest BCUT2D eigenvalue weighted by Gasteiger charge is -2.01. The number of rotatable bonds is 3. The summed E-state index contributed by atoms with van der Waals surface area (Å²) >= 11 is 7.32. The van der Waals surface area contributed by atoms with Gasteiger partial charge in [-0.15, -0.1) is 22.9 Å². The Balaban J connectivity index is 2.35. The minimum atomic E-state index is 0.467. The minimum Gasteiger partial charge on any atom is -0.497 e. The van der Waals surface area contributed by atoms with Crippen molar-refractivity contribution in [2.24, 2.45) is 0 Å². The quantitative estimate of drug-likeness (QED) is 0.765. The van der Waals surface area contributed by atoms with E-state index in [1.165, 1.54) is 0 Å². The lowest BCUT2D eigenvalue weighted by molar-refractivity contribution is 0.415. The first-order valence-corrected chi connectivity index (χ1v) is 5.83. The number of aromatic nitrogens is 1. The summed E-state index contributed by atoms with van der Waals surface area (Å²) in [7, 11) is 1.66. The van der Waals surface area contributed by atoms with Crippen LogP contribution in [0.5, 0.6) is 5.75 Å². The van der Waals surface area contributed by atoms with Crippen molar-refractivity contribution in [3.63, 3.8) is 0 Å². The lowest BCUT2D eigenvalue weighted by atomic mass is 10.2. The zero-order valence-corrected chi connectivity index (χ0v) is 9.81. The van der Waals surface area contributed by atoms with Crippen LogP contribution in [0.1, 0.15) is 5.01 Å². The van der Waals surface area contributed by atoms with Gasteiger partial charge in [-0.05, 0) is 17.7 Å². The largest absolute Gasteiger partial charge is 0.497 e. The average Bonchev–Trinajstić information content (AvgIpc) is 2.78. The fourth-order valence-electron chi connectivity index (χ4n) is 1.28. The van der Waals surface area contributed by atoms with Crippen molar-refractivity contribution in [2.75, 3.05) is 7.11 Å². The topological polar surface area (TPSA) is 22.1 Å².